The lowest BCUT2D eigenvalue weighted by atomic mass is 10.1. The molecule has 0 fully saturated rings. The topological polar surface area (TPSA) is 116 Å². The van der Waals surface area contributed by atoms with Crippen molar-refractivity contribution in [2.75, 3.05) is 24.3 Å². The summed E-state index contributed by atoms with van der Waals surface area (Å²) in [6.45, 7) is 0.0910. The van der Waals surface area contributed by atoms with E-state index >= 15 is 0 Å². The summed E-state index contributed by atoms with van der Waals surface area (Å²) in [5.41, 5.74) is 7.67. The van der Waals surface area contributed by atoms with E-state index in [0.29, 0.717) is 16.9 Å². The average Bonchev–Trinajstić information content (AvgIpc) is 3.14. The van der Waals surface area contributed by atoms with E-state index in [-0.39, 0.29) is 17.6 Å². The molecule has 0 aliphatic rings. The third-order valence-electron chi connectivity index (χ3n) is 3.69. The molecule has 28 heavy (non-hydrogen) atoms. The van der Waals surface area contributed by atoms with Gasteiger partial charge in [0.05, 0.1) is 25.0 Å². The zero-order valence-corrected chi connectivity index (χ0v) is 15.8. The summed E-state index contributed by atoms with van der Waals surface area (Å²) in [7, 11) is 1.60. The van der Waals surface area contributed by atoms with Crippen LogP contribution in [0.25, 0.3) is 11.3 Å². The maximum atomic E-state index is 12.3. The van der Waals surface area contributed by atoms with Crippen LogP contribution >= 0.6 is 11.3 Å². The number of para-hydroxylation sites is 1. The van der Waals surface area contributed by atoms with E-state index in [4.69, 9.17) is 15.2 Å². The van der Waals surface area contributed by atoms with Crippen molar-refractivity contribution < 1.29 is 19.1 Å². The summed E-state index contributed by atoms with van der Waals surface area (Å²) in [5.74, 6) is 0.527. The number of carbonyl (C=O) groups is 2. The molecule has 9 heteroatoms. The SMILES string of the molecule is COc1ccc(NCC(=O)Nc2ccccc2-c2csc(OC(N)=O)n2)cc1. The fraction of sp³-hybridized carbons (Fsp3) is 0.105. The normalized spacial score (nSPS) is 10.2. The van der Waals surface area contributed by atoms with E-state index in [2.05, 4.69) is 15.6 Å². The largest absolute Gasteiger partial charge is 0.497 e. The molecule has 0 unspecified atom stereocenters. The quantitative estimate of drug-likeness (QED) is 0.562. The number of anilines is 2. The van der Waals surface area contributed by atoms with Crippen LogP contribution in [0.4, 0.5) is 16.2 Å². The molecule has 0 bridgehead atoms. The minimum absolute atomic E-state index is 0.0910. The number of hydrogen-bond donors (Lipinski definition) is 3. The van der Waals surface area contributed by atoms with Crippen LogP contribution in [0, 0.1) is 0 Å². The van der Waals surface area contributed by atoms with E-state index in [1.807, 2.05) is 42.5 Å². The zero-order chi connectivity index (χ0) is 19.9. The van der Waals surface area contributed by atoms with Gasteiger partial charge in [-0.25, -0.2) is 9.78 Å². The number of nitrogens with two attached hydrogens (primary N) is 1. The summed E-state index contributed by atoms with van der Waals surface area (Å²) in [4.78, 5) is 27.4. The number of thiazole rings is 1. The first-order valence-corrected chi connectivity index (χ1v) is 9.13. The Labute approximate surface area is 165 Å². The number of aromatic nitrogens is 1. The van der Waals surface area contributed by atoms with Gasteiger partial charge in [-0.2, -0.15) is 0 Å². The lowest BCUT2D eigenvalue weighted by Crippen LogP contribution is -2.22. The first-order chi connectivity index (χ1) is 13.5. The maximum absolute atomic E-state index is 12.3. The number of nitrogens with zero attached hydrogens (tertiary/aromatic N) is 1. The maximum Gasteiger partial charge on any atom is 0.411 e. The minimum Gasteiger partial charge on any atom is -0.497 e. The van der Waals surface area contributed by atoms with Gasteiger partial charge < -0.3 is 25.8 Å². The molecule has 0 aliphatic carbocycles. The van der Waals surface area contributed by atoms with Crippen molar-refractivity contribution in [3.63, 3.8) is 0 Å². The molecule has 0 spiro atoms. The smallest absolute Gasteiger partial charge is 0.411 e. The fourth-order valence-electron chi connectivity index (χ4n) is 2.42. The van der Waals surface area contributed by atoms with Gasteiger partial charge in [0.25, 0.3) is 5.19 Å². The average molecular weight is 398 g/mol. The summed E-state index contributed by atoms with van der Waals surface area (Å²) in [6.07, 6.45) is -0.924. The van der Waals surface area contributed by atoms with E-state index in [9.17, 15) is 9.59 Å². The van der Waals surface area contributed by atoms with Gasteiger partial charge in [-0.3, -0.25) is 4.79 Å². The first kappa shape index (κ1) is 19.2. The van der Waals surface area contributed by atoms with Crippen LogP contribution in [0.5, 0.6) is 10.9 Å². The van der Waals surface area contributed by atoms with Crippen molar-refractivity contribution in [3.05, 3.63) is 53.9 Å². The third-order valence-corrected chi connectivity index (χ3v) is 4.41. The van der Waals surface area contributed by atoms with Crippen LogP contribution in [0.2, 0.25) is 0 Å². The van der Waals surface area contributed by atoms with Crippen LogP contribution in [-0.2, 0) is 4.79 Å². The number of rotatable bonds is 7. The fourth-order valence-corrected chi connectivity index (χ4v) is 3.09. The highest BCUT2D eigenvalue weighted by Gasteiger charge is 2.13. The predicted octanol–water partition coefficient (Wildman–Crippen LogP) is 3.33. The summed E-state index contributed by atoms with van der Waals surface area (Å²) in [5, 5.41) is 7.77. The predicted molar refractivity (Wildman–Crippen MR) is 108 cm³/mol. The van der Waals surface area contributed by atoms with Crippen LogP contribution < -0.4 is 25.8 Å². The highest BCUT2D eigenvalue weighted by molar-refractivity contribution is 7.11. The molecule has 0 saturated carbocycles. The molecular formula is C19H18N4O4S. The number of methoxy groups -OCH3 is 1. The molecule has 144 valence electrons. The van der Waals surface area contributed by atoms with Gasteiger partial charge in [-0.05, 0) is 30.3 Å². The third kappa shape index (κ3) is 4.98. The van der Waals surface area contributed by atoms with Gasteiger partial charge in [-0.15, -0.1) is 0 Å². The second-order valence-electron chi connectivity index (χ2n) is 5.60. The van der Waals surface area contributed by atoms with E-state index in [1.54, 1.807) is 18.6 Å². The standard InChI is InChI=1S/C19H18N4O4S/c1-26-13-8-6-12(7-9-13)21-10-17(24)22-15-5-3-2-4-14(15)16-11-28-19(23-16)27-18(20)25/h2-9,11,21H,10H2,1H3,(H2,20,25)(H,22,24). The Bertz CT molecular complexity index is 972. The Morgan fingerprint density at radius 1 is 1.14 bits per heavy atom. The summed E-state index contributed by atoms with van der Waals surface area (Å²) >= 11 is 1.14. The molecule has 1 aromatic heterocycles. The monoisotopic (exact) mass is 398 g/mol. The lowest BCUT2D eigenvalue weighted by Gasteiger charge is -2.11. The van der Waals surface area contributed by atoms with Gasteiger partial charge in [0, 0.05) is 16.6 Å². The number of primary amides is 1. The Hall–Kier alpha value is -3.59. The number of amides is 2. The Balaban J connectivity index is 1.66. The Morgan fingerprint density at radius 2 is 1.89 bits per heavy atom. The van der Waals surface area contributed by atoms with E-state index in [0.717, 1.165) is 22.8 Å². The molecule has 0 atom stereocenters. The second-order valence-corrected chi connectivity index (χ2v) is 6.42. The summed E-state index contributed by atoms with van der Waals surface area (Å²) in [6, 6.07) is 14.5. The van der Waals surface area contributed by atoms with Gasteiger partial charge in [0.1, 0.15) is 5.75 Å². The molecule has 2 aromatic carbocycles. The molecule has 8 nitrogen and oxygen atoms in total. The number of hydrogen-bond acceptors (Lipinski definition) is 7. The van der Waals surface area contributed by atoms with E-state index < -0.39 is 6.09 Å². The molecule has 2 amide bonds. The van der Waals surface area contributed by atoms with Crippen LogP contribution in [0.3, 0.4) is 0 Å². The van der Waals surface area contributed by atoms with Crippen LogP contribution in [0.1, 0.15) is 0 Å². The van der Waals surface area contributed by atoms with Crippen molar-refractivity contribution in [1.82, 2.24) is 4.98 Å². The van der Waals surface area contributed by atoms with E-state index in [1.165, 1.54) is 0 Å². The van der Waals surface area contributed by atoms with Crippen LogP contribution in [0.15, 0.2) is 53.9 Å². The molecule has 0 aliphatic heterocycles. The van der Waals surface area contributed by atoms with Gasteiger partial charge in [0.2, 0.25) is 5.91 Å². The molecule has 4 N–H and O–H groups in total. The molecule has 0 radical (unpaired) electrons. The first-order valence-electron chi connectivity index (χ1n) is 8.25. The van der Waals surface area contributed by atoms with Crippen molar-refractivity contribution in [3.8, 4) is 22.2 Å². The highest BCUT2D eigenvalue weighted by atomic mass is 32.1. The molecular weight excluding hydrogens is 380 g/mol. The van der Waals surface area contributed by atoms with Crippen molar-refractivity contribution in [2.45, 2.75) is 0 Å². The van der Waals surface area contributed by atoms with Gasteiger partial charge in [0.15, 0.2) is 0 Å². The summed E-state index contributed by atoms with van der Waals surface area (Å²) < 4.78 is 9.89. The number of carbonyl (C=O) groups excluding carboxylic acids is 2. The molecule has 3 aromatic rings. The Morgan fingerprint density at radius 3 is 2.61 bits per heavy atom. The lowest BCUT2D eigenvalue weighted by molar-refractivity contribution is -0.114. The number of benzene rings is 2. The number of nitrogens with one attached hydrogen (secondary N) is 2. The molecule has 0 saturated heterocycles. The number of ether oxygens (including phenoxy) is 2. The van der Waals surface area contributed by atoms with Gasteiger partial charge in [-0.1, -0.05) is 29.5 Å². The van der Waals surface area contributed by atoms with Crippen molar-refractivity contribution in [1.29, 1.82) is 0 Å². The zero-order valence-electron chi connectivity index (χ0n) is 15.0. The second kappa shape index (κ2) is 8.87. The Kier molecular flexibility index (Phi) is 6.07. The minimum atomic E-state index is -0.924. The van der Waals surface area contributed by atoms with Crippen molar-refractivity contribution in [2.24, 2.45) is 5.73 Å². The highest BCUT2D eigenvalue weighted by Crippen LogP contribution is 2.31. The molecule has 3 rings (SSSR count). The van der Waals surface area contributed by atoms with Gasteiger partial charge >= 0.3 is 6.09 Å². The molecule has 1 heterocycles. The van der Waals surface area contributed by atoms with Crippen LogP contribution in [-0.4, -0.2) is 30.6 Å². The van der Waals surface area contributed by atoms with Crippen molar-refractivity contribution >= 4 is 34.7 Å².